The summed E-state index contributed by atoms with van der Waals surface area (Å²) in [6, 6.07) is 3.85. The first-order valence-corrected chi connectivity index (χ1v) is 7.97. The SMILES string of the molecule is Cc1c(NC(=O)c2cn(C3CCNCC3)nn2)cccc1C(F)(F)F. The van der Waals surface area contributed by atoms with Crippen LogP contribution in [-0.4, -0.2) is 34.0 Å². The number of benzene rings is 1. The summed E-state index contributed by atoms with van der Waals surface area (Å²) in [7, 11) is 0. The second-order valence-electron chi connectivity index (χ2n) is 5.99. The number of halogens is 3. The largest absolute Gasteiger partial charge is 0.416 e. The van der Waals surface area contributed by atoms with Gasteiger partial charge in [-0.25, -0.2) is 4.68 Å². The Morgan fingerprint density at radius 3 is 2.72 bits per heavy atom. The third-order valence-electron chi connectivity index (χ3n) is 4.31. The molecule has 1 aliphatic heterocycles. The monoisotopic (exact) mass is 353 g/mol. The van der Waals surface area contributed by atoms with Crippen LogP contribution >= 0.6 is 0 Å². The van der Waals surface area contributed by atoms with Gasteiger partial charge in [0.15, 0.2) is 5.69 Å². The Hall–Kier alpha value is -2.42. The number of amides is 1. The minimum atomic E-state index is -4.47. The van der Waals surface area contributed by atoms with Crippen LogP contribution in [0.5, 0.6) is 0 Å². The van der Waals surface area contributed by atoms with Crippen molar-refractivity contribution in [2.45, 2.75) is 32.0 Å². The number of nitrogens with one attached hydrogen (secondary N) is 2. The summed E-state index contributed by atoms with van der Waals surface area (Å²) in [5, 5.41) is 13.6. The maximum atomic E-state index is 13.0. The summed E-state index contributed by atoms with van der Waals surface area (Å²) < 4.78 is 40.5. The lowest BCUT2D eigenvalue weighted by Crippen LogP contribution is -2.29. The number of anilines is 1. The fourth-order valence-corrected chi connectivity index (χ4v) is 2.89. The molecule has 0 radical (unpaired) electrons. The van der Waals surface area contributed by atoms with Crippen molar-refractivity contribution >= 4 is 11.6 Å². The molecule has 0 unspecified atom stereocenters. The summed E-state index contributed by atoms with van der Waals surface area (Å²) in [5.41, 5.74) is -0.621. The van der Waals surface area contributed by atoms with E-state index in [2.05, 4.69) is 20.9 Å². The molecule has 0 aliphatic carbocycles. The molecule has 0 spiro atoms. The van der Waals surface area contributed by atoms with E-state index in [0.29, 0.717) is 0 Å². The highest BCUT2D eigenvalue weighted by Crippen LogP contribution is 2.34. The predicted octanol–water partition coefficient (Wildman–Crippen LogP) is 2.78. The van der Waals surface area contributed by atoms with Crippen LogP contribution in [0.1, 0.15) is 40.5 Å². The molecule has 1 saturated heterocycles. The van der Waals surface area contributed by atoms with Crippen molar-refractivity contribution in [2.24, 2.45) is 0 Å². The molecule has 134 valence electrons. The third kappa shape index (κ3) is 3.81. The standard InChI is InChI=1S/C16H18F3N5O/c1-10-12(16(17,18)19)3-2-4-13(10)21-15(25)14-9-24(23-22-14)11-5-7-20-8-6-11/h2-4,9,11,20H,5-8H2,1H3,(H,21,25). The first-order chi connectivity index (χ1) is 11.9. The highest BCUT2D eigenvalue weighted by molar-refractivity contribution is 6.03. The molecule has 9 heteroatoms. The number of alkyl halides is 3. The van der Waals surface area contributed by atoms with E-state index in [1.54, 1.807) is 4.68 Å². The molecule has 1 fully saturated rings. The van der Waals surface area contributed by atoms with Gasteiger partial charge in [-0.2, -0.15) is 13.2 Å². The Labute approximate surface area is 142 Å². The Balaban J connectivity index is 1.76. The molecular formula is C16H18F3N5O. The van der Waals surface area contributed by atoms with Crippen LogP contribution in [0.2, 0.25) is 0 Å². The molecule has 1 aromatic heterocycles. The van der Waals surface area contributed by atoms with Gasteiger partial charge in [0.05, 0.1) is 17.8 Å². The Kier molecular flexibility index (Phi) is 4.76. The van der Waals surface area contributed by atoms with E-state index in [1.807, 2.05) is 0 Å². The van der Waals surface area contributed by atoms with Crippen LogP contribution in [0.25, 0.3) is 0 Å². The second kappa shape index (κ2) is 6.83. The van der Waals surface area contributed by atoms with Gasteiger partial charge in [-0.15, -0.1) is 5.10 Å². The van der Waals surface area contributed by atoms with Gasteiger partial charge in [0, 0.05) is 5.69 Å². The van der Waals surface area contributed by atoms with E-state index >= 15 is 0 Å². The molecule has 0 atom stereocenters. The van der Waals surface area contributed by atoms with E-state index in [4.69, 9.17) is 0 Å². The molecule has 2 aromatic rings. The lowest BCUT2D eigenvalue weighted by atomic mass is 10.1. The average molecular weight is 353 g/mol. The number of hydrogen-bond acceptors (Lipinski definition) is 4. The highest BCUT2D eigenvalue weighted by atomic mass is 19.4. The Morgan fingerprint density at radius 2 is 2.04 bits per heavy atom. The smallest absolute Gasteiger partial charge is 0.320 e. The molecule has 1 amide bonds. The Bertz CT molecular complexity index is 765. The van der Waals surface area contributed by atoms with E-state index < -0.39 is 17.6 Å². The van der Waals surface area contributed by atoms with Crippen molar-refractivity contribution in [3.05, 3.63) is 41.2 Å². The van der Waals surface area contributed by atoms with Gasteiger partial charge >= 0.3 is 6.18 Å². The topological polar surface area (TPSA) is 71.8 Å². The van der Waals surface area contributed by atoms with Gasteiger partial charge in [0.2, 0.25) is 0 Å². The number of carbonyl (C=O) groups is 1. The van der Waals surface area contributed by atoms with Crippen molar-refractivity contribution < 1.29 is 18.0 Å². The average Bonchev–Trinajstić information content (AvgIpc) is 3.06. The molecule has 6 nitrogen and oxygen atoms in total. The lowest BCUT2D eigenvalue weighted by molar-refractivity contribution is -0.138. The summed E-state index contributed by atoms with van der Waals surface area (Å²) >= 11 is 0. The summed E-state index contributed by atoms with van der Waals surface area (Å²) in [5.74, 6) is -0.581. The van der Waals surface area contributed by atoms with Crippen LogP contribution in [0.15, 0.2) is 24.4 Å². The zero-order valence-electron chi connectivity index (χ0n) is 13.6. The highest BCUT2D eigenvalue weighted by Gasteiger charge is 2.33. The first-order valence-electron chi connectivity index (χ1n) is 7.97. The fourth-order valence-electron chi connectivity index (χ4n) is 2.89. The molecule has 3 rings (SSSR count). The number of hydrogen-bond donors (Lipinski definition) is 2. The number of piperidine rings is 1. The molecule has 2 N–H and O–H groups in total. The molecule has 0 bridgehead atoms. The van der Waals surface area contributed by atoms with Gasteiger partial charge in [-0.1, -0.05) is 11.3 Å². The quantitative estimate of drug-likeness (QED) is 0.890. The zero-order valence-corrected chi connectivity index (χ0v) is 13.6. The maximum absolute atomic E-state index is 13.0. The minimum absolute atomic E-state index is 0.0332. The van der Waals surface area contributed by atoms with Gasteiger partial charge in [-0.05, 0) is 50.6 Å². The molecule has 0 saturated carbocycles. The normalized spacial score (nSPS) is 16.0. The van der Waals surface area contributed by atoms with Gasteiger partial charge in [-0.3, -0.25) is 4.79 Å². The van der Waals surface area contributed by atoms with E-state index in [-0.39, 0.29) is 23.0 Å². The fraction of sp³-hybridized carbons (Fsp3) is 0.438. The minimum Gasteiger partial charge on any atom is -0.320 e. The maximum Gasteiger partial charge on any atom is 0.416 e. The van der Waals surface area contributed by atoms with Crippen molar-refractivity contribution in [1.29, 1.82) is 0 Å². The van der Waals surface area contributed by atoms with E-state index in [0.717, 1.165) is 32.0 Å². The predicted molar refractivity (Wildman–Crippen MR) is 85.3 cm³/mol. The molecule has 1 aliphatic rings. The second-order valence-corrected chi connectivity index (χ2v) is 5.99. The van der Waals surface area contributed by atoms with Crippen LogP contribution in [0, 0.1) is 6.92 Å². The van der Waals surface area contributed by atoms with Gasteiger partial charge < -0.3 is 10.6 Å². The molecule has 2 heterocycles. The number of aromatic nitrogens is 3. The van der Waals surface area contributed by atoms with E-state index in [9.17, 15) is 18.0 Å². The first kappa shape index (κ1) is 17.4. The van der Waals surface area contributed by atoms with Crippen molar-refractivity contribution in [3.63, 3.8) is 0 Å². The van der Waals surface area contributed by atoms with Crippen LogP contribution < -0.4 is 10.6 Å². The van der Waals surface area contributed by atoms with E-state index in [1.165, 1.54) is 25.3 Å². The third-order valence-corrected chi connectivity index (χ3v) is 4.31. The van der Waals surface area contributed by atoms with Gasteiger partial charge in [0.1, 0.15) is 0 Å². The van der Waals surface area contributed by atoms with Crippen LogP contribution in [0.3, 0.4) is 0 Å². The van der Waals surface area contributed by atoms with Crippen molar-refractivity contribution in [2.75, 3.05) is 18.4 Å². The van der Waals surface area contributed by atoms with Crippen molar-refractivity contribution in [3.8, 4) is 0 Å². The lowest BCUT2D eigenvalue weighted by Gasteiger charge is -2.22. The molecule has 25 heavy (non-hydrogen) atoms. The summed E-state index contributed by atoms with van der Waals surface area (Å²) in [4.78, 5) is 12.3. The zero-order chi connectivity index (χ0) is 18.0. The number of nitrogens with zero attached hydrogens (tertiary/aromatic N) is 3. The van der Waals surface area contributed by atoms with Gasteiger partial charge in [0.25, 0.3) is 5.91 Å². The number of carbonyl (C=O) groups excluding carboxylic acids is 1. The summed E-state index contributed by atoms with van der Waals surface area (Å²) in [6.45, 7) is 3.06. The molecular weight excluding hydrogens is 335 g/mol. The molecule has 1 aromatic carbocycles. The number of rotatable bonds is 3. The Morgan fingerprint density at radius 1 is 1.32 bits per heavy atom. The van der Waals surface area contributed by atoms with Crippen LogP contribution in [0.4, 0.5) is 18.9 Å². The van der Waals surface area contributed by atoms with Crippen LogP contribution in [-0.2, 0) is 6.18 Å². The summed E-state index contributed by atoms with van der Waals surface area (Å²) in [6.07, 6.45) is -1.16. The van der Waals surface area contributed by atoms with Crippen molar-refractivity contribution in [1.82, 2.24) is 20.3 Å².